The third-order valence-corrected chi connectivity index (χ3v) is 4.47. The van der Waals surface area contributed by atoms with E-state index in [1.165, 1.54) is 5.56 Å². The summed E-state index contributed by atoms with van der Waals surface area (Å²) >= 11 is 0. The van der Waals surface area contributed by atoms with E-state index in [1.807, 2.05) is 56.3 Å². The van der Waals surface area contributed by atoms with E-state index < -0.39 is 12.1 Å². The molecule has 0 radical (unpaired) electrons. The van der Waals surface area contributed by atoms with Gasteiger partial charge in [0, 0.05) is 6.54 Å². The lowest BCUT2D eigenvalue weighted by Gasteiger charge is -2.14. The van der Waals surface area contributed by atoms with Crippen LogP contribution in [-0.2, 0) is 27.2 Å². The van der Waals surface area contributed by atoms with Crippen LogP contribution in [0.4, 0.5) is 0 Å². The van der Waals surface area contributed by atoms with Gasteiger partial charge in [-0.3, -0.25) is 9.59 Å². The average Bonchev–Trinajstić information content (AvgIpc) is 2.65. The number of hydrogen-bond acceptors (Lipinski definition) is 4. The number of hydrogen-bond donors (Lipinski definition) is 1. The lowest BCUT2D eigenvalue weighted by atomic mass is 10.0. The molecule has 0 unspecified atom stereocenters. The van der Waals surface area contributed by atoms with Gasteiger partial charge < -0.3 is 14.8 Å². The van der Waals surface area contributed by atoms with E-state index in [0.29, 0.717) is 13.0 Å². The zero-order valence-electron chi connectivity index (χ0n) is 16.4. The molecule has 2 rings (SSSR count). The van der Waals surface area contributed by atoms with Crippen molar-refractivity contribution in [3.63, 3.8) is 0 Å². The number of esters is 1. The van der Waals surface area contributed by atoms with Crippen molar-refractivity contribution in [3.05, 3.63) is 64.7 Å². The fourth-order valence-corrected chi connectivity index (χ4v) is 2.64. The van der Waals surface area contributed by atoms with E-state index in [0.717, 1.165) is 22.4 Å². The Labute approximate surface area is 160 Å². The van der Waals surface area contributed by atoms with Crippen LogP contribution in [0.5, 0.6) is 5.75 Å². The Balaban J connectivity index is 1.75. The minimum atomic E-state index is -0.820. The molecule has 144 valence electrons. The number of ether oxygens (including phenoxy) is 2. The smallest absolute Gasteiger partial charge is 0.311 e. The van der Waals surface area contributed by atoms with Crippen LogP contribution in [0.15, 0.2) is 42.5 Å². The van der Waals surface area contributed by atoms with Gasteiger partial charge in [0.2, 0.25) is 0 Å². The van der Waals surface area contributed by atoms with E-state index in [2.05, 4.69) is 5.32 Å². The molecule has 1 amide bonds. The highest BCUT2D eigenvalue weighted by Gasteiger charge is 2.17. The van der Waals surface area contributed by atoms with Crippen LogP contribution in [-0.4, -0.2) is 31.6 Å². The minimum absolute atomic E-state index is 0.157. The molecule has 27 heavy (non-hydrogen) atoms. The highest BCUT2D eigenvalue weighted by Crippen LogP contribution is 2.12. The summed E-state index contributed by atoms with van der Waals surface area (Å²) in [7, 11) is 1.62. The predicted molar refractivity (Wildman–Crippen MR) is 105 cm³/mol. The Morgan fingerprint density at radius 2 is 1.67 bits per heavy atom. The predicted octanol–water partition coefficient (Wildman–Crippen LogP) is 3.15. The second kappa shape index (κ2) is 9.76. The van der Waals surface area contributed by atoms with Crippen LogP contribution in [0.3, 0.4) is 0 Å². The first kappa shape index (κ1) is 20.5. The Morgan fingerprint density at radius 3 is 2.30 bits per heavy atom. The van der Waals surface area contributed by atoms with Crippen LogP contribution in [0.2, 0.25) is 0 Å². The molecular weight excluding hydrogens is 342 g/mol. The van der Waals surface area contributed by atoms with Crippen LogP contribution in [0, 0.1) is 13.8 Å². The maximum atomic E-state index is 12.1. The molecular formula is C22H27NO4. The number of carbonyl (C=O) groups excluding carboxylic acids is 2. The van der Waals surface area contributed by atoms with Crippen molar-refractivity contribution in [1.82, 2.24) is 5.32 Å². The largest absolute Gasteiger partial charge is 0.497 e. The monoisotopic (exact) mass is 369 g/mol. The number of benzene rings is 2. The third kappa shape index (κ3) is 6.44. The lowest BCUT2D eigenvalue weighted by molar-refractivity contribution is -0.154. The summed E-state index contributed by atoms with van der Waals surface area (Å²) in [5, 5.41) is 2.80. The average molecular weight is 369 g/mol. The van der Waals surface area contributed by atoms with Crippen molar-refractivity contribution in [3.8, 4) is 5.75 Å². The molecule has 0 aliphatic heterocycles. The first-order valence-corrected chi connectivity index (χ1v) is 9.05. The molecule has 0 aliphatic carbocycles. The van der Waals surface area contributed by atoms with Gasteiger partial charge in [-0.2, -0.15) is 0 Å². The molecule has 5 nitrogen and oxygen atoms in total. The summed E-state index contributed by atoms with van der Waals surface area (Å²) in [6, 6.07) is 13.5. The van der Waals surface area contributed by atoms with Crippen molar-refractivity contribution in [2.45, 2.75) is 39.7 Å². The van der Waals surface area contributed by atoms with Crippen molar-refractivity contribution >= 4 is 11.9 Å². The molecule has 5 heteroatoms. The third-order valence-electron chi connectivity index (χ3n) is 4.47. The highest BCUT2D eigenvalue weighted by atomic mass is 16.5. The van der Waals surface area contributed by atoms with Crippen molar-refractivity contribution < 1.29 is 19.1 Å². The number of amides is 1. The topological polar surface area (TPSA) is 64.6 Å². The molecule has 0 aromatic heterocycles. The van der Waals surface area contributed by atoms with Crippen LogP contribution in [0.1, 0.15) is 29.2 Å². The number of methoxy groups -OCH3 is 1. The molecule has 0 saturated carbocycles. The van der Waals surface area contributed by atoms with Crippen molar-refractivity contribution in [1.29, 1.82) is 0 Å². The van der Waals surface area contributed by atoms with Crippen LogP contribution >= 0.6 is 0 Å². The molecule has 0 heterocycles. The van der Waals surface area contributed by atoms with Gasteiger partial charge in [-0.1, -0.05) is 30.3 Å². The molecule has 0 saturated heterocycles. The zero-order chi connectivity index (χ0) is 19.8. The summed E-state index contributed by atoms with van der Waals surface area (Å²) in [6.45, 7) is 6.09. The van der Waals surface area contributed by atoms with Gasteiger partial charge in [0.1, 0.15) is 5.75 Å². The fourth-order valence-electron chi connectivity index (χ4n) is 2.64. The molecule has 2 aromatic carbocycles. The molecule has 1 atom stereocenters. The maximum Gasteiger partial charge on any atom is 0.311 e. The van der Waals surface area contributed by atoms with Crippen LogP contribution in [0.25, 0.3) is 0 Å². The second-order valence-electron chi connectivity index (χ2n) is 6.62. The quantitative estimate of drug-likeness (QED) is 0.726. The molecule has 0 spiro atoms. The molecule has 0 aliphatic rings. The lowest BCUT2D eigenvalue weighted by Crippen LogP contribution is -2.37. The van der Waals surface area contributed by atoms with Crippen molar-refractivity contribution in [2.24, 2.45) is 0 Å². The van der Waals surface area contributed by atoms with Gasteiger partial charge in [0.05, 0.1) is 13.5 Å². The first-order valence-electron chi connectivity index (χ1n) is 9.05. The summed E-state index contributed by atoms with van der Waals surface area (Å²) in [5.41, 5.74) is 4.28. The van der Waals surface area contributed by atoms with Gasteiger partial charge >= 0.3 is 5.97 Å². The standard InChI is InChI=1S/C22H27NO4/c1-15-5-6-19(13-16(15)2)14-21(24)27-17(3)22(25)23-12-11-18-7-9-20(26-4)10-8-18/h5-10,13,17H,11-12,14H2,1-4H3,(H,23,25)/t17-/m0/s1. The zero-order valence-corrected chi connectivity index (χ0v) is 16.4. The van der Waals surface area contributed by atoms with Gasteiger partial charge in [-0.05, 0) is 61.6 Å². The number of carbonyl (C=O) groups is 2. The second-order valence-corrected chi connectivity index (χ2v) is 6.62. The molecule has 1 N–H and O–H groups in total. The number of rotatable bonds is 8. The minimum Gasteiger partial charge on any atom is -0.497 e. The van der Waals surface area contributed by atoms with E-state index in [-0.39, 0.29) is 12.3 Å². The van der Waals surface area contributed by atoms with Gasteiger partial charge in [0.15, 0.2) is 6.10 Å². The molecule has 2 aromatic rings. The number of nitrogens with one attached hydrogen (secondary N) is 1. The summed E-state index contributed by atoms with van der Waals surface area (Å²) in [4.78, 5) is 24.2. The normalized spacial score (nSPS) is 11.6. The Morgan fingerprint density at radius 1 is 1.00 bits per heavy atom. The van der Waals surface area contributed by atoms with Gasteiger partial charge in [0.25, 0.3) is 5.91 Å². The Hall–Kier alpha value is -2.82. The fraction of sp³-hybridized carbons (Fsp3) is 0.364. The number of aryl methyl sites for hydroxylation is 2. The summed E-state index contributed by atoms with van der Waals surface area (Å²) in [5.74, 6) is 0.0973. The van der Waals surface area contributed by atoms with Crippen LogP contribution < -0.4 is 10.1 Å². The maximum absolute atomic E-state index is 12.1. The summed E-state index contributed by atoms with van der Waals surface area (Å²) in [6.07, 6.45) is 0.0313. The first-order chi connectivity index (χ1) is 12.9. The van der Waals surface area contributed by atoms with E-state index >= 15 is 0 Å². The molecule has 0 fully saturated rings. The Bertz CT molecular complexity index is 783. The van der Waals surface area contributed by atoms with E-state index in [4.69, 9.17) is 9.47 Å². The molecule has 0 bridgehead atoms. The van der Waals surface area contributed by atoms with Gasteiger partial charge in [-0.15, -0.1) is 0 Å². The summed E-state index contributed by atoms with van der Waals surface area (Å²) < 4.78 is 10.4. The Kier molecular flexibility index (Phi) is 7.41. The van der Waals surface area contributed by atoms with Crippen molar-refractivity contribution in [2.75, 3.05) is 13.7 Å². The van der Waals surface area contributed by atoms with E-state index in [9.17, 15) is 9.59 Å². The SMILES string of the molecule is COc1ccc(CCNC(=O)[C@H](C)OC(=O)Cc2ccc(C)c(C)c2)cc1. The van der Waals surface area contributed by atoms with Gasteiger partial charge in [-0.25, -0.2) is 0 Å². The highest BCUT2D eigenvalue weighted by molar-refractivity contribution is 5.83. The van der Waals surface area contributed by atoms with E-state index in [1.54, 1.807) is 14.0 Å².